The maximum atomic E-state index is 6.57. The lowest BCUT2D eigenvalue weighted by atomic mass is 9.80. The van der Waals surface area contributed by atoms with Crippen molar-refractivity contribution in [3.05, 3.63) is 193 Å². The monoisotopic (exact) mass is 688 g/mol. The van der Waals surface area contributed by atoms with E-state index in [1.165, 1.54) is 87.6 Å². The number of rotatable bonds is 5. The average molecular weight is 689 g/mol. The molecule has 1 heteroatoms. The summed E-state index contributed by atoms with van der Waals surface area (Å²) in [6.45, 7) is 4.74. The molecule has 0 radical (unpaired) electrons. The molecule has 0 aliphatic heterocycles. The van der Waals surface area contributed by atoms with E-state index in [0.29, 0.717) is 0 Å². The van der Waals surface area contributed by atoms with Crippen molar-refractivity contribution in [3.8, 4) is 56.0 Å². The van der Waals surface area contributed by atoms with E-state index in [1.807, 2.05) is 30.3 Å². The molecule has 54 heavy (non-hydrogen) atoms. The van der Waals surface area contributed by atoms with E-state index in [-0.39, 0.29) is 5.41 Å². The van der Waals surface area contributed by atoms with Crippen LogP contribution >= 0.6 is 0 Å². The molecule has 0 N–H and O–H groups in total. The van der Waals surface area contributed by atoms with Crippen molar-refractivity contribution in [2.45, 2.75) is 19.3 Å². The first kappa shape index (κ1) is 30.9. The minimum atomic E-state index is -0.163. The minimum absolute atomic E-state index is 0.163. The van der Waals surface area contributed by atoms with Crippen LogP contribution in [0.4, 0.5) is 0 Å². The summed E-state index contributed by atoms with van der Waals surface area (Å²) >= 11 is 0. The zero-order valence-corrected chi connectivity index (χ0v) is 30.2. The maximum Gasteiger partial charge on any atom is 0.128 e. The Hall–Kier alpha value is -6.70. The predicted octanol–water partition coefficient (Wildman–Crippen LogP) is 14.8. The van der Waals surface area contributed by atoms with Gasteiger partial charge in [-0.15, -0.1) is 0 Å². The van der Waals surface area contributed by atoms with Gasteiger partial charge in [0.2, 0.25) is 0 Å². The van der Waals surface area contributed by atoms with Gasteiger partial charge in [0.05, 0.1) is 0 Å². The molecular formula is C53H36O. The van der Waals surface area contributed by atoms with Crippen LogP contribution in [0.25, 0.3) is 87.6 Å². The standard InChI is InChI=1S/C53H36O/c1-53(2)49-31-38(37-18-15-33-9-6-7-10-36(33)25-37)21-23-47(49)48-24-22-39(32-50(48)53)43-28-44(30-46(29-43)54-45-13-4-3-5-14-45)42-26-40-19-16-34-11-8-12-35-17-20-41(27-42)52(40)51(34)35/h3-32H,1-2H3. The first-order valence-corrected chi connectivity index (χ1v) is 18.8. The van der Waals surface area contributed by atoms with Gasteiger partial charge in [-0.25, -0.2) is 0 Å². The summed E-state index contributed by atoms with van der Waals surface area (Å²) in [4.78, 5) is 0. The smallest absolute Gasteiger partial charge is 0.128 e. The second-order valence-corrected chi connectivity index (χ2v) is 15.4. The van der Waals surface area contributed by atoms with Gasteiger partial charge in [-0.3, -0.25) is 0 Å². The Morgan fingerprint density at radius 1 is 0.315 bits per heavy atom. The quantitative estimate of drug-likeness (QED) is 0.164. The zero-order chi connectivity index (χ0) is 36.0. The van der Waals surface area contributed by atoms with E-state index < -0.39 is 0 Å². The highest BCUT2D eigenvalue weighted by atomic mass is 16.5. The SMILES string of the molecule is CC1(C)c2cc(-c3cc(Oc4ccccc4)cc(-c4cc5ccc6cccc7ccc(c4)c5c67)c3)ccc2-c2ccc(-c3ccc4ccccc4c3)cc21. The van der Waals surface area contributed by atoms with Crippen LogP contribution in [0, 0.1) is 0 Å². The second-order valence-electron chi connectivity index (χ2n) is 15.4. The van der Waals surface area contributed by atoms with E-state index in [9.17, 15) is 0 Å². The highest BCUT2D eigenvalue weighted by Crippen LogP contribution is 2.51. The third-order valence-electron chi connectivity index (χ3n) is 11.8. The molecule has 0 saturated heterocycles. The van der Waals surface area contributed by atoms with Gasteiger partial charge in [0.1, 0.15) is 11.5 Å². The van der Waals surface area contributed by atoms with Gasteiger partial charge in [0, 0.05) is 5.41 Å². The molecule has 1 aliphatic rings. The highest BCUT2D eigenvalue weighted by molar-refractivity contribution is 6.23. The van der Waals surface area contributed by atoms with Crippen LogP contribution in [0.5, 0.6) is 11.5 Å². The van der Waals surface area contributed by atoms with Crippen molar-refractivity contribution in [3.63, 3.8) is 0 Å². The first-order chi connectivity index (χ1) is 26.5. The van der Waals surface area contributed by atoms with E-state index >= 15 is 0 Å². The Kier molecular flexibility index (Phi) is 6.66. The van der Waals surface area contributed by atoms with Crippen LogP contribution in [0.3, 0.4) is 0 Å². The molecule has 1 aliphatic carbocycles. The van der Waals surface area contributed by atoms with Crippen LogP contribution in [0.15, 0.2) is 182 Å². The molecule has 254 valence electrons. The Morgan fingerprint density at radius 2 is 0.778 bits per heavy atom. The third-order valence-corrected chi connectivity index (χ3v) is 11.8. The zero-order valence-electron chi connectivity index (χ0n) is 30.2. The molecule has 11 rings (SSSR count). The Bertz CT molecular complexity index is 3030. The van der Waals surface area contributed by atoms with Gasteiger partial charge in [0.15, 0.2) is 0 Å². The molecule has 0 amide bonds. The minimum Gasteiger partial charge on any atom is -0.457 e. The molecule has 10 aromatic carbocycles. The highest BCUT2D eigenvalue weighted by Gasteiger charge is 2.36. The summed E-state index contributed by atoms with van der Waals surface area (Å²) in [6, 6.07) is 66.5. The van der Waals surface area contributed by atoms with Crippen molar-refractivity contribution >= 4 is 43.1 Å². The fourth-order valence-corrected chi connectivity index (χ4v) is 9.00. The van der Waals surface area contributed by atoms with Crippen molar-refractivity contribution < 1.29 is 4.74 Å². The number of hydrogen-bond donors (Lipinski definition) is 0. The van der Waals surface area contributed by atoms with Crippen molar-refractivity contribution in [2.75, 3.05) is 0 Å². The van der Waals surface area contributed by atoms with Gasteiger partial charge in [-0.05, 0) is 159 Å². The van der Waals surface area contributed by atoms with Crippen LogP contribution in [0.2, 0.25) is 0 Å². The van der Waals surface area contributed by atoms with Gasteiger partial charge in [-0.1, -0.05) is 135 Å². The van der Waals surface area contributed by atoms with E-state index in [1.54, 1.807) is 0 Å². The first-order valence-electron chi connectivity index (χ1n) is 18.8. The van der Waals surface area contributed by atoms with Gasteiger partial charge in [-0.2, -0.15) is 0 Å². The Balaban J connectivity index is 1.03. The van der Waals surface area contributed by atoms with Crippen molar-refractivity contribution in [2.24, 2.45) is 0 Å². The fraction of sp³-hybridized carbons (Fsp3) is 0.0566. The van der Waals surface area contributed by atoms with Crippen LogP contribution in [-0.4, -0.2) is 0 Å². The summed E-state index contributed by atoms with van der Waals surface area (Å²) < 4.78 is 6.57. The molecule has 0 saturated carbocycles. The molecule has 0 heterocycles. The fourth-order valence-electron chi connectivity index (χ4n) is 9.00. The van der Waals surface area contributed by atoms with Crippen LogP contribution in [0.1, 0.15) is 25.0 Å². The lowest BCUT2D eigenvalue weighted by Crippen LogP contribution is -2.15. The van der Waals surface area contributed by atoms with Gasteiger partial charge >= 0.3 is 0 Å². The summed E-state index contributed by atoms with van der Waals surface area (Å²) in [6.07, 6.45) is 0. The number of benzene rings is 10. The Morgan fingerprint density at radius 3 is 1.46 bits per heavy atom. The number of ether oxygens (including phenoxy) is 1. The molecule has 0 spiro atoms. The summed E-state index contributed by atoms with van der Waals surface area (Å²) in [7, 11) is 0. The Labute approximate surface area is 315 Å². The topological polar surface area (TPSA) is 9.23 Å². The average Bonchev–Trinajstić information content (AvgIpc) is 3.44. The molecule has 0 atom stereocenters. The van der Waals surface area contributed by atoms with Crippen molar-refractivity contribution in [1.82, 2.24) is 0 Å². The second kappa shape index (κ2) is 11.7. The van der Waals surface area contributed by atoms with Crippen LogP contribution in [-0.2, 0) is 5.41 Å². The normalized spacial score (nSPS) is 13.1. The molecule has 0 bridgehead atoms. The molecule has 0 aromatic heterocycles. The van der Waals surface area contributed by atoms with Gasteiger partial charge < -0.3 is 4.74 Å². The predicted molar refractivity (Wildman–Crippen MR) is 228 cm³/mol. The maximum absolute atomic E-state index is 6.57. The molecule has 0 unspecified atom stereocenters. The molecule has 1 nitrogen and oxygen atoms in total. The largest absolute Gasteiger partial charge is 0.457 e. The summed E-state index contributed by atoms with van der Waals surface area (Å²) in [5.74, 6) is 1.64. The summed E-state index contributed by atoms with van der Waals surface area (Å²) in [5.41, 5.74) is 12.3. The van der Waals surface area contributed by atoms with Crippen molar-refractivity contribution in [1.29, 1.82) is 0 Å². The molecular weight excluding hydrogens is 653 g/mol. The van der Waals surface area contributed by atoms with Gasteiger partial charge in [0.25, 0.3) is 0 Å². The third kappa shape index (κ3) is 4.86. The van der Waals surface area contributed by atoms with E-state index in [0.717, 1.165) is 22.6 Å². The lowest BCUT2D eigenvalue weighted by molar-refractivity contribution is 0.483. The van der Waals surface area contributed by atoms with E-state index in [2.05, 4.69) is 166 Å². The number of hydrogen-bond acceptors (Lipinski definition) is 1. The van der Waals surface area contributed by atoms with Crippen LogP contribution < -0.4 is 4.74 Å². The molecule has 10 aromatic rings. The van der Waals surface area contributed by atoms with E-state index in [4.69, 9.17) is 4.74 Å². The molecule has 0 fully saturated rings. The number of fused-ring (bicyclic) bond motifs is 4. The number of para-hydroxylation sites is 1. The lowest BCUT2D eigenvalue weighted by Gasteiger charge is -2.23. The summed E-state index contributed by atoms with van der Waals surface area (Å²) in [5, 5.41) is 10.3.